The Morgan fingerprint density at radius 1 is 1.09 bits per heavy atom. The van der Waals surface area contributed by atoms with E-state index in [1.54, 1.807) is 24.6 Å². The highest BCUT2D eigenvalue weighted by atomic mass is 16.6. The lowest BCUT2D eigenvalue weighted by atomic mass is 9.79. The number of furan rings is 1. The van der Waals surface area contributed by atoms with Crippen molar-refractivity contribution in [2.45, 2.75) is 62.8 Å². The topological polar surface area (TPSA) is 139 Å². The normalized spacial score (nSPS) is 27.9. The Morgan fingerprint density at radius 2 is 1.85 bits per heavy atom. The van der Waals surface area contributed by atoms with Gasteiger partial charge in [0.2, 0.25) is 11.9 Å². The fourth-order valence-electron chi connectivity index (χ4n) is 5.35. The highest BCUT2D eigenvalue weighted by Crippen LogP contribution is 2.44. The largest absolute Gasteiger partial charge is 0.550 e. The highest BCUT2D eigenvalue weighted by molar-refractivity contribution is 5.78. The first-order valence-electron chi connectivity index (χ1n) is 11.4. The van der Waals surface area contributed by atoms with Crippen LogP contribution in [0.2, 0.25) is 0 Å². The second-order valence-corrected chi connectivity index (χ2v) is 9.20. The highest BCUT2D eigenvalue weighted by Gasteiger charge is 2.49. The Bertz CT molecular complexity index is 991. The monoisotopic (exact) mass is 455 g/mol. The minimum atomic E-state index is -1.10. The summed E-state index contributed by atoms with van der Waals surface area (Å²) in [4.78, 5) is 32.8. The zero-order valence-electron chi connectivity index (χ0n) is 18.2. The molecule has 0 bridgehead atoms. The van der Waals surface area contributed by atoms with Crippen molar-refractivity contribution >= 4 is 17.8 Å². The number of nitrogens with zero attached hydrogens (tertiary/aromatic N) is 2. The number of aliphatic carboxylic acids is 1. The minimum absolute atomic E-state index is 0.0762. The van der Waals surface area contributed by atoms with Crippen molar-refractivity contribution in [2.24, 2.45) is 5.41 Å². The number of nitrogens with one attached hydrogen (secondary N) is 2. The van der Waals surface area contributed by atoms with Crippen LogP contribution in [0.1, 0.15) is 38.5 Å². The number of rotatable bonds is 8. The maximum atomic E-state index is 12.8. The third-order valence-corrected chi connectivity index (χ3v) is 6.86. The van der Waals surface area contributed by atoms with Crippen LogP contribution in [0.25, 0.3) is 11.5 Å². The second-order valence-electron chi connectivity index (χ2n) is 9.20. The van der Waals surface area contributed by atoms with E-state index in [4.69, 9.17) is 13.9 Å². The van der Waals surface area contributed by atoms with Crippen molar-refractivity contribution in [2.75, 3.05) is 18.5 Å². The number of carbonyl (C=O) groups excluding carboxylic acids is 2. The van der Waals surface area contributed by atoms with Gasteiger partial charge in [0, 0.05) is 18.6 Å². The molecule has 1 saturated carbocycles. The Balaban J connectivity index is 1.18. The standard InChI is InChI=1S/C23H28N4O6/c28-18(10-23(11-19(29)30)6-1-2-7-23)25-15-12-32-21-16(13-33-20(15)21)27-22-24-8-5-14(26-22)17-4-3-9-31-17/h3-5,8-9,15-16,20-21H,1-2,6-7,10-13H2,(H,25,28)(H,29,30)(H,24,26,27)/p-1/t15-,16-,20+,21+/m0/s1. The van der Waals surface area contributed by atoms with Crippen LogP contribution in [-0.4, -0.2) is 59.3 Å². The van der Waals surface area contributed by atoms with E-state index < -0.39 is 11.4 Å². The molecule has 2 aliphatic heterocycles. The molecule has 2 aromatic heterocycles. The molecule has 10 heteroatoms. The van der Waals surface area contributed by atoms with Crippen LogP contribution in [0.3, 0.4) is 0 Å². The lowest BCUT2D eigenvalue weighted by molar-refractivity contribution is -0.308. The second kappa shape index (κ2) is 9.11. The van der Waals surface area contributed by atoms with Crippen LogP contribution in [0, 0.1) is 5.41 Å². The summed E-state index contributed by atoms with van der Waals surface area (Å²) in [7, 11) is 0. The Labute approximate surface area is 191 Å². The van der Waals surface area contributed by atoms with Gasteiger partial charge in [-0.2, -0.15) is 0 Å². The smallest absolute Gasteiger partial charge is 0.223 e. The third-order valence-electron chi connectivity index (χ3n) is 6.86. The molecular weight excluding hydrogens is 428 g/mol. The van der Waals surface area contributed by atoms with Crippen LogP contribution in [0.15, 0.2) is 35.1 Å². The lowest BCUT2D eigenvalue weighted by Crippen LogP contribution is -2.46. The van der Waals surface area contributed by atoms with Crippen molar-refractivity contribution in [3.63, 3.8) is 0 Å². The molecule has 2 aromatic rings. The molecule has 1 aliphatic carbocycles. The molecule has 1 amide bonds. The van der Waals surface area contributed by atoms with Gasteiger partial charge in [-0.3, -0.25) is 4.79 Å². The molecule has 3 fully saturated rings. The molecule has 0 aromatic carbocycles. The van der Waals surface area contributed by atoms with E-state index in [9.17, 15) is 14.7 Å². The van der Waals surface area contributed by atoms with Gasteiger partial charge >= 0.3 is 0 Å². The molecule has 0 radical (unpaired) electrons. The van der Waals surface area contributed by atoms with Gasteiger partial charge in [0.1, 0.15) is 17.9 Å². The van der Waals surface area contributed by atoms with E-state index in [0.717, 1.165) is 25.7 Å². The number of carboxylic acids is 1. The Hall–Kier alpha value is -2.98. The average molecular weight is 455 g/mol. The lowest BCUT2D eigenvalue weighted by Gasteiger charge is -2.29. The molecule has 33 heavy (non-hydrogen) atoms. The van der Waals surface area contributed by atoms with Gasteiger partial charge in [-0.15, -0.1) is 0 Å². The number of hydrogen-bond donors (Lipinski definition) is 2. The number of hydrogen-bond acceptors (Lipinski definition) is 9. The molecule has 0 spiro atoms. The van der Waals surface area contributed by atoms with Crippen LogP contribution in [-0.2, 0) is 19.1 Å². The number of carboxylic acid groups (broad SMARTS) is 1. The first-order chi connectivity index (χ1) is 16.0. The summed E-state index contributed by atoms with van der Waals surface area (Å²) in [6, 6.07) is 4.95. The van der Waals surface area contributed by atoms with Crippen LogP contribution >= 0.6 is 0 Å². The molecule has 4 heterocycles. The summed E-state index contributed by atoms with van der Waals surface area (Å²) >= 11 is 0. The third kappa shape index (κ3) is 4.72. The molecule has 2 saturated heterocycles. The molecule has 3 aliphatic rings. The van der Waals surface area contributed by atoms with Crippen molar-refractivity contribution in [1.29, 1.82) is 0 Å². The summed E-state index contributed by atoms with van der Waals surface area (Å²) in [5.74, 6) is -0.165. The molecule has 4 atom stereocenters. The summed E-state index contributed by atoms with van der Waals surface area (Å²) < 4.78 is 17.3. The first kappa shape index (κ1) is 21.8. The molecule has 0 unspecified atom stereocenters. The van der Waals surface area contributed by atoms with Crippen molar-refractivity contribution in [1.82, 2.24) is 15.3 Å². The van der Waals surface area contributed by atoms with Gasteiger partial charge in [0.15, 0.2) is 5.76 Å². The Morgan fingerprint density at radius 3 is 2.58 bits per heavy atom. The fraction of sp³-hybridized carbons (Fsp3) is 0.565. The van der Waals surface area contributed by atoms with Crippen LogP contribution in [0.5, 0.6) is 0 Å². The summed E-state index contributed by atoms with van der Waals surface area (Å²) in [6.07, 6.45) is 6.17. The van der Waals surface area contributed by atoms with Crippen LogP contribution < -0.4 is 15.7 Å². The number of fused-ring (bicyclic) bond motifs is 1. The molecular formula is C23H27N4O6-. The average Bonchev–Trinajstić information content (AvgIpc) is 3.56. The predicted molar refractivity (Wildman–Crippen MR) is 114 cm³/mol. The van der Waals surface area contributed by atoms with Gasteiger partial charge in [-0.05, 0) is 42.9 Å². The minimum Gasteiger partial charge on any atom is -0.550 e. The van der Waals surface area contributed by atoms with E-state index in [1.165, 1.54) is 0 Å². The molecule has 176 valence electrons. The predicted octanol–water partition coefficient (Wildman–Crippen LogP) is 0.890. The van der Waals surface area contributed by atoms with Gasteiger partial charge in [0.05, 0.1) is 31.6 Å². The van der Waals surface area contributed by atoms with E-state index in [2.05, 4.69) is 20.6 Å². The number of carbonyl (C=O) groups is 2. The zero-order valence-corrected chi connectivity index (χ0v) is 18.2. The van der Waals surface area contributed by atoms with Gasteiger partial charge in [0.25, 0.3) is 0 Å². The van der Waals surface area contributed by atoms with E-state index in [0.29, 0.717) is 30.6 Å². The molecule has 2 N–H and O–H groups in total. The molecule has 5 rings (SSSR count). The van der Waals surface area contributed by atoms with Crippen molar-refractivity contribution in [3.05, 3.63) is 30.7 Å². The summed E-state index contributed by atoms with van der Waals surface area (Å²) in [5, 5.41) is 17.5. The van der Waals surface area contributed by atoms with Crippen molar-refractivity contribution in [3.8, 4) is 11.5 Å². The van der Waals surface area contributed by atoms with Crippen molar-refractivity contribution < 1.29 is 28.6 Å². The SMILES string of the molecule is O=C([O-])CC1(CC(=O)N[C@H]2CO[C@H]3[C@@H]2OC[C@@H]3Nc2nccc(-c3ccco3)n2)CCCC1. The van der Waals surface area contributed by atoms with Gasteiger partial charge in [-0.1, -0.05) is 12.8 Å². The van der Waals surface area contributed by atoms with E-state index >= 15 is 0 Å². The maximum Gasteiger partial charge on any atom is 0.223 e. The number of aromatic nitrogens is 2. The summed E-state index contributed by atoms with van der Waals surface area (Å²) in [5.41, 5.74) is 0.168. The fourth-order valence-corrected chi connectivity index (χ4v) is 5.35. The quantitative estimate of drug-likeness (QED) is 0.594. The van der Waals surface area contributed by atoms with Gasteiger partial charge in [-0.25, -0.2) is 9.97 Å². The van der Waals surface area contributed by atoms with E-state index in [1.807, 2.05) is 6.07 Å². The number of anilines is 1. The zero-order chi connectivity index (χ0) is 22.8. The summed E-state index contributed by atoms with van der Waals surface area (Å²) in [6.45, 7) is 0.727. The Kier molecular flexibility index (Phi) is 6.03. The number of amides is 1. The molecule has 10 nitrogen and oxygen atoms in total. The van der Waals surface area contributed by atoms with Gasteiger partial charge < -0.3 is 34.4 Å². The van der Waals surface area contributed by atoms with E-state index in [-0.39, 0.29) is 43.0 Å². The number of ether oxygens (including phenoxy) is 2. The maximum absolute atomic E-state index is 12.8. The first-order valence-corrected chi connectivity index (χ1v) is 11.4. The van der Waals surface area contributed by atoms with Crippen LogP contribution in [0.4, 0.5) is 5.95 Å².